The Morgan fingerprint density at radius 3 is 2.50 bits per heavy atom. The van der Waals surface area contributed by atoms with E-state index in [4.69, 9.17) is 16.3 Å². The van der Waals surface area contributed by atoms with E-state index >= 15 is 0 Å². The summed E-state index contributed by atoms with van der Waals surface area (Å²) in [4.78, 5) is 11.9. The number of nitrogens with one attached hydrogen (secondary N) is 1. The van der Waals surface area contributed by atoms with Crippen molar-refractivity contribution in [2.24, 2.45) is 0 Å². The lowest BCUT2D eigenvalue weighted by atomic mass is 10.2. The second kappa shape index (κ2) is 6.16. The minimum absolute atomic E-state index is 0.00111. The van der Waals surface area contributed by atoms with Crippen LogP contribution in [0.4, 0.5) is 17.6 Å². The van der Waals surface area contributed by atoms with Gasteiger partial charge in [0.05, 0.1) is 11.1 Å². The Morgan fingerprint density at radius 2 is 1.92 bits per heavy atom. The van der Waals surface area contributed by atoms with Gasteiger partial charge < -0.3 is 4.74 Å². The molecule has 1 heterocycles. The number of hydrogen-bond acceptors (Lipinski definition) is 2. The molecule has 24 heavy (non-hydrogen) atoms. The first-order valence-corrected chi connectivity index (χ1v) is 7.69. The molecule has 1 aliphatic carbocycles. The van der Waals surface area contributed by atoms with Gasteiger partial charge in [-0.1, -0.05) is 11.6 Å². The molecule has 3 rings (SSSR count). The Hall–Kier alpha value is -1.96. The monoisotopic (exact) mass is 364 g/mol. The predicted molar refractivity (Wildman–Crippen MR) is 79.2 cm³/mol. The third-order valence-electron chi connectivity index (χ3n) is 3.91. The number of halogens is 5. The lowest BCUT2D eigenvalue weighted by Gasteiger charge is -2.16. The van der Waals surface area contributed by atoms with Crippen LogP contribution in [0, 0.1) is 5.82 Å². The zero-order valence-corrected chi connectivity index (χ0v) is 13.0. The van der Waals surface area contributed by atoms with Gasteiger partial charge in [-0.15, -0.1) is 0 Å². The molecular formula is C15H13ClF4N2O2. The van der Waals surface area contributed by atoms with Crippen LogP contribution in [0.2, 0.25) is 5.02 Å². The van der Waals surface area contributed by atoms with E-state index in [9.17, 15) is 22.4 Å². The highest BCUT2D eigenvalue weighted by molar-refractivity contribution is 6.32. The molecule has 130 valence electrons. The number of alkyl halides is 3. The van der Waals surface area contributed by atoms with E-state index in [2.05, 4.69) is 5.10 Å². The second-order valence-electron chi connectivity index (χ2n) is 5.58. The van der Waals surface area contributed by atoms with Gasteiger partial charge in [0.1, 0.15) is 17.0 Å². The molecule has 0 radical (unpaired) electrons. The van der Waals surface area contributed by atoms with Crippen LogP contribution in [0.1, 0.15) is 31.2 Å². The van der Waals surface area contributed by atoms with Crippen molar-refractivity contribution in [1.82, 2.24) is 9.78 Å². The molecule has 4 nitrogen and oxygen atoms in total. The largest absolute Gasteiger partial charge is 0.489 e. The maximum atomic E-state index is 14.1. The van der Waals surface area contributed by atoms with Gasteiger partial charge in [-0.2, -0.15) is 13.2 Å². The molecule has 0 bridgehead atoms. The summed E-state index contributed by atoms with van der Waals surface area (Å²) in [6.07, 6.45) is -0.763. The molecule has 1 N–H and O–H groups in total. The summed E-state index contributed by atoms with van der Waals surface area (Å²) < 4.78 is 58.4. The van der Waals surface area contributed by atoms with Crippen LogP contribution < -0.4 is 10.3 Å². The van der Waals surface area contributed by atoms with Crippen LogP contribution >= 0.6 is 11.6 Å². The normalized spacial score (nSPS) is 15.9. The van der Waals surface area contributed by atoms with Gasteiger partial charge in [0.15, 0.2) is 5.82 Å². The molecule has 0 unspecified atom stereocenters. The van der Waals surface area contributed by atoms with Crippen molar-refractivity contribution in [1.29, 1.82) is 0 Å². The molecule has 1 aliphatic rings. The molecule has 0 saturated heterocycles. The fourth-order valence-corrected chi connectivity index (χ4v) is 2.91. The van der Waals surface area contributed by atoms with E-state index in [1.807, 2.05) is 0 Å². The van der Waals surface area contributed by atoms with Crippen LogP contribution in [-0.2, 0) is 6.18 Å². The van der Waals surface area contributed by atoms with Crippen molar-refractivity contribution in [2.75, 3.05) is 0 Å². The summed E-state index contributed by atoms with van der Waals surface area (Å²) in [5.41, 5.74) is -3.18. The minimum atomic E-state index is -4.83. The van der Waals surface area contributed by atoms with Crippen LogP contribution in [0.25, 0.3) is 5.69 Å². The summed E-state index contributed by atoms with van der Waals surface area (Å²) in [5.74, 6) is -0.800. The molecular weight excluding hydrogens is 352 g/mol. The third kappa shape index (κ3) is 3.15. The van der Waals surface area contributed by atoms with E-state index in [0.717, 1.165) is 37.8 Å². The first-order valence-electron chi connectivity index (χ1n) is 7.31. The van der Waals surface area contributed by atoms with Crippen LogP contribution in [-0.4, -0.2) is 15.9 Å². The molecule has 2 aromatic rings. The lowest BCUT2D eigenvalue weighted by Crippen LogP contribution is -2.23. The summed E-state index contributed by atoms with van der Waals surface area (Å²) in [6.45, 7) is 0. The van der Waals surface area contributed by atoms with Crippen molar-refractivity contribution in [3.8, 4) is 11.4 Å². The van der Waals surface area contributed by atoms with Crippen LogP contribution in [0.5, 0.6) is 5.75 Å². The van der Waals surface area contributed by atoms with Crippen molar-refractivity contribution in [3.05, 3.63) is 45.1 Å². The van der Waals surface area contributed by atoms with Gasteiger partial charge in [-0.25, -0.2) is 9.07 Å². The first kappa shape index (κ1) is 16.9. The third-order valence-corrected chi connectivity index (χ3v) is 4.21. The molecule has 0 atom stereocenters. The Balaban J connectivity index is 2.02. The van der Waals surface area contributed by atoms with Gasteiger partial charge in [-0.3, -0.25) is 9.89 Å². The maximum Gasteiger partial charge on any atom is 0.423 e. The molecule has 0 spiro atoms. The average Bonchev–Trinajstić information content (AvgIpc) is 3.11. The number of nitrogens with zero attached hydrogens (tertiary/aromatic N) is 1. The molecule has 1 fully saturated rings. The number of aromatic amines is 1. The van der Waals surface area contributed by atoms with Gasteiger partial charge in [-0.05, 0) is 31.7 Å². The average molecular weight is 365 g/mol. The smallest absolute Gasteiger partial charge is 0.423 e. The Bertz CT molecular complexity index is 807. The predicted octanol–water partition coefficient (Wildman–Crippen LogP) is 4.30. The van der Waals surface area contributed by atoms with Gasteiger partial charge in [0, 0.05) is 12.3 Å². The summed E-state index contributed by atoms with van der Waals surface area (Å²) in [5, 5.41) is 2.12. The minimum Gasteiger partial charge on any atom is -0.489 e. The first-order chi connectivity index (χ1) is 11.3. The molecule has 1 aromatic heterocycles. The molecule has 9 heteroatoms. The van der Waals surface area contributed by atoms with E-state index < -0.39 is 23.1 Å². The van der Waals surface area contributed by atoms with E-state index in [-0.39, 0.29) is 22.6 Å². The summed E-state index contributed by atoms with van der Waals surface area (Å²) >= 11 is 5.94. The SMILES string of the molecule is O=c1c(C(F)(F)F)c[nH]n1-c1cc(OC2CCCC2)c(Cl)cc1F. The Morgan fingerprint density at radius 1 is 1.25 bits per heavy atom. The van der Waals surface area contributed by atoms with Crippen LogP contribution in [0.15, 0.2) is 23.1 Å². The van der Waals surface area contributed by atoms with Crippen molar-refractivity contribution in [2.45, 2.75) is 38.0 Å². The number of rotatable bonds is 3. The van der Waals surface area contributed by atoms with Gasteiger partial charge in [0.25, 0.3) is 5.56 Å². The number of aromatic nitrogens is 2. The van der Waals surface area contributed by atoms with Gasteiger partial charge >= 0.3 is 6.18 Å². The fraction of sp³-hybridized carbons (Fsp3) is 0.400. The highest BCUT2D eigenvalue weighted by atomic mass is 35.5. The number of H-pyrrole nitrogens is 1. The standard InChI is InChI=1S/C15H13ClF4N2O2/c16-10-5-11(17)12(6-13(10)24-8-3-1-2-4-8)22-14(23)9(7-21-22)15(18,19)20/h5-8,21H,1-4H2. The number of ether oxygens (including phenoxy) is 1. The topological polar surface area (TPSA) is 47.0 Å². The van der Waals surface area contributed by atoms with Crippen molar-refractivity contribution in [3.63, 3.8) is 0 Å². The highest BCUT2D eigenvalue weighted by Crippen LogP contribution is 2.33. The summed E-state index contributed by atoms with van der Waals surface area (Å²) in [7, 11) is 0. The van der Waals surface area contributed by atoms with Crippen molar-refractivity contribution >= 4 is 11.6 Å². The van der Waals surface area contributed by atoms with E-state index in [1.54, 1.807) is 0 Å². The fourth-order valence-electron chi connectivity index (χ4n) is 2.72. The van der Waals surface area contributed by atoms with E-state index in [1.165, 1.54) is 0 Å². The molecule has 1 saturated carbocycles. The number of benzene rings is 1. The number of hydrogen-bond donors (Lipinski definition) is 1. The van der Waals surface area contributed by atoms with Crippen molar-refractivity contribution < 1.29 is 22.3 Å². The molecule has 1 aromatic carbocycles. The summed E-state index contributed by atoms with van der Waals surface area (Å²) in [6, 6.07) is 2.05. The lowest BCUT2D eigenvalue weighted by molar-refractivity contribution is -0.138. The second-order valence-corrected chi connectivity index (χ2v) is 5.99. The molecule has 0 amide bonds. The zero-order chi connectivity index (χ0) is 17.5. The van der Waals surface area contributed by atoms with Crippen LogP contribution in [0.3, 0.4) is 0 Å². The van der Waals surface area contributed by atoms with Gasteiger partial charge in [0.2, 0.25) is 0 Å². The quantitative estimate of drug-likeness (QED) is 0.825. The highest BCUT2D eigenvalue weighted by Gasteiger charge is 2.36. The maximum absolute atomic E-state index is 14.1. The zero-order valence-electron chi connectivity index (χ0n) is 12.3. The Kier molecular flexibility index (Phi) is 4.33. The molecule has 0 aliphatic heterocycles. The Labute approximate surface area is 139 Å². The van der Waals surface area contributed by atoms with E-state index in [0.29, 0.717) is 10.9 Å².